The van der Waals surface area contributed by atoms with E-state index in [1.54, 1.807) is 11.1 Å². The van der Waals surface area contributed by atoms with Gasteiger partial charge in [0.05, 0.1) is 30.0 Å². The molecule has 11 heteroatoms. The van der Waals surface area contributed by atoms with Crippen LogP contribution >= 0.6 is 0 Å². The molecule has 3 aromatic rings. The van der Waals surface area contributed by atoms with E-state index in [1.807, 2.05) is 43.8 Å². The third-order valence-electron chi connectivity index (χ3n) is 7.71. The molecule has 0 aromatic carbocycles. The normalized spacial score (nSPS) is 20.1. The summed E-state index contributed by atoms with van der Waals surface area (Å²) in [5, 5.41) is 7.62. The van der Waals surface area contributed by atoms with E-state index in [9.17, 15) is 9.18 Å². The van der Waals surface area contributed by atoms with Crippen LogP contribution in [0.15, 0.2) is 30.7 Å². The maximum atomic E-state index is 14.9. The molecule has 0 bridgehead atoms. The van der Waals surface area contributed by atoms with Gasteiger partial charge in [-0.1, -0.05) is 13.3 Å². The molecule has 1 amide bonds. The molecule has 3 aliphatic rings. The van der Waals surface area contributed by atoms with Gasteiger partial charge in [-0.3, -0.25) is 4.68 Å². The number of carbonyl (C=O) groups is 1. The number of aromatic nitrogens is 5. The van der Waals surface area contributed by atoms with E-state index in [1.165, 1.54) is 6.20 Å². The van der Waals surface area contributed by atoms with Crippen LogP contribution in [0, 0.1) is 11.2 Å². The lowest BCUT2D eigenvalue weighted by Crippen LogP contribution is -2.73. The number of carbonyl (C=O) groups excluding carboxylic acids is 1. The Morgan fingerprint density at radius 1 is 1.10 bits per heavy atom. The van der Waals surface area contributed by atoms with Crippen molar-refractivity contribution in [3.05, 3.63) is 42.2 Å². The summed E-state index contributed by atoms with van der Waals surface area (Å²) in [6.45, 7) is 11.8. The van der Waals surface area contributed by atoms with Crippen molar-refractivity contribution in [2.75, 3.05) is 36.4 Å². The van der Waals surface area contributed by atoms with Crippen LogP contribution in [0.2, 0.25) is 0 Å². The average Bonchev–Trinajstić information content (AvgIpc) is 3.16. The highest BCUT2D eigenvalue weighted by Crippen LogP contribution is 2.42. The summed E-state index contributed by atoms with van der Waals surface area (Å²) >= 11 is 0. The minimum Gasteiger partial charge on any atom is -0.444 e. The van der Waals surface area contributed by atoms with Gasteiger partial charge in [0.1, 0.15) is 17.1 Å². The van der Waals surface area contributed by atoms with Crippen molar-refractivity contribution in [3.8, 4) is 11.3 Å². The van der Waals surface area contributed by atoms with E-state index in [-0.39, 0.29) is 29.1 Å². The van der Waals surface area contributed by atoms with Crippen LogP contribution in [0.4, 0.5) is 26.6 Å². The molecule has 1 spiro atoms. The molecule has 0 radical (unpaired) electrons. The number of hydrogen-bond donors (Lipinski definition) is 1. The molecule has 6 heterocycles. The number of rotatable bonds is 4. The molecule has 0 saturated carbocycles. The molecule has 10 nitrogen and oxygen atoms in total. The number of amides is 1. The molecule has 3 aliphatic heterocycles. The first-order chi connectivity index (χ1) is 18.6. The van der Waals surface area contributed by atoms with Gasteiger partial charge in [-0.15, -0.1) is 0 Å². The first-order valence-electron chi connectivity index (χ1n) is 13.6. The van der Waals surface area contributed by atoms with Gasteiger partial charge in [0.2, 0.25) is 5.95 Å². The van der Waals surface area contributed by atoms with Gasteiger partial charge < -0.3 is 19.9 Å². The zero-order valence-electron chi connectivity index (χ0n) is 22.9. The van der Waals surface area contributed by atoms with E-state index in [4.69, 9.17) is 4.74 Å². The highest BCUT2D eigenvalue weighted by atomic mass is 19.1. The van der Waals surface area contributed by atoms with Gasteiger partial charge >= 0.3 is 6.09 Å². The average molecular weight is 535 g/mol. The minimum atomic E-state index is -0.482. The molecule has 2 fully saturated rings. The van der Waals surface area contributed by atoms with E-state index >= 15 is 0 Å². The van der Waals surface area contributed by atoms with Gasteiger partial charge in [-0.05, 0) is 51.7 Å². The second kappa shape index (κ2) is 9.46. The Morgan fingerprint density at radius 2 is 1.90 bits per heavy atom. The minimum absolute atomic E-state index is 0.135. The molecule has 206 valence electrons. The second-order valence-electron chi connectivity index (χ2n) is 12.2. The van der Waals surface area contributed by atoms with Crippen LogP contribution in [0.5, 0.6) is 0 Å². The van der Waals surface area contributed by atoms with Crippen molar-refractivity contribution < 1.29 is 13.9 Å². The predicted molar refractivity (Wildman–Crippen MR) is 145 cm³/mol. The molecular formula is C28H35FN8O2. The van der Waals surface area contributed by atoms with E-state index in [0.29, 0.717) is 5.82 Å². The van der Waals surface area contributed by atoms with Gasteiger partial charge in [0, 0.05) is 43.7 Å². The lowest BCUT2D eigenvalue weighted by atomic mass is 9.73. The lowest BCUT2D eigenvalue weighted by Gasteiger charge is -2.60. The number of hydrogen-bond acceptors (Lipinski definition) is 8. The summed E-state index contributed by atoms with van der Waals surface area (Å²) in [5.74, 6) is 0.677. The van der Waals surface area contributed by atoms with Crippen molar-refractivity contribution in [2.45, 2.75) is 65.0 Å². The third-order valence-corrected chi connectivity index (χ3v) is 7.71. The van der Waals surface area contributed by atoms with Gasteiger partial charge in [0.15, 0.2) is 5.82 Å². The van der Waals surface area contributed by atoms with Crippen LogP contribution in [-0.4, -0.2) is 67.5 Å². The second-order valence-corrected chi connectivity index (χ2v) is 12.2. The Balaban J connectivity index is 1.09. The molecule has 1 atom stereocenters. The number of nitrogens with zero attached hydrogens (tertiary/aromatic N) is 7. The molecule has 6 rings (SSSR count). The highest BCUT2D eigenvalue weighted by molar-refractivity contribution is 5.70. The Bertz CT molecular complexity index is 1370. The SMILES string of the molecule is C[C@H]1CCCCn2ncc(-c3nc(Nc4ccc(N5CC6(CN(C(=O)OC(C)(C)C)C6)C5)cn4)ncc3F)c21. The van der Waals surface area contributed by atoms with Crippen molar-refractivity contribution in [3.63, 3.8) is 0 Å². The van der Waals surface area contributed by atoms with Crippen molar-refractivity contribution >= 4 is 23.5 Å². The summed E-state index contributed by atoms with van der Waals surface area (Å²) in [6, 6.07) is 3.87. The number of likely N-dealkylation sites (tertiary alicyclic amines) is 1. The van der Waals surface area contributed by atoms with Crippen LogP contribution < -0.4 is 10.2 Å². The first-order valence-corrected chi connectivity index (χ1v) is 13.6. The smallest absolute Gasteiger partial charge is 0.410 e. The first kappa shape index (κ1) is 25.5. The molecule has 0 unspecified atom stereocenters. The fourth-order valence-electron chi connectivity index (χ4n) is 5.87. The summed E-state index contributed by atoms with van der Waals surface area (Å²) in [4.78, 5) is 29.4. The lowest BCUT2D eigenvalue weighted by molar-refractivity contribution is -0.0453. The fraction of sp³-hybridized carbons (Fsp3) is 0.536. The molecule has 0 aliphatic carbocycles. The summed E-state index contributed by atoms with van der Waals surface area (Å²) in [5.41, 5.74) is 2.68. The number of fused-ring (bicyclic) bond motifs is 1. The maximum Gasteiger partial charge on any atom is 0.410 e. The largest absolute Gasteiger partial charge is 0.444 e. The van der Waals surface area contributed by atoms with Gasteiger partial charge in [-0.2, -0.15) is 5.10 Å². The van der Waals surface area contributed by atoms with Crippen molar-refractivity contribution in [1.82, 2.24) is 29.6 Å². The van der Waals surface area contributed by atoms with Crippen LogP contribution in [-0.2, 0) is 11.3 Å². The monoisotopic (exact) mass is 534 g/mol. The Hall–Kier alpha value is -3.76. The Morgan fingerprint density at radius 3 is 2.62 bits per heavy atom. The fourth-order valence-corrected chi connectivity index (χ4v) is 5.87. The maximum absolute atomic E-state index is 14.9. The number of nitrogens with one attached hydrogen (secondary N) is 1. The summed E-state index contributed by atoms with van der Waals surface area (Å²) in [7, 11) is 0. The standard InChI is InChI=1S/C28H35FN8O2/c1-18-7-5-6-10-37-24(18)20(12-32-37)23-21(29)13-31-25(34-23)33-22-9-8-19(11-30-22)35-14-28(15-35)16-36(17-28)26(38)39-27(2,3)4/h8-9,11-13,18H,5-7,10,14-17H2,1-4H3,(H,30,31,33,34)/t18-/m0/s1. The number of ether oxygens (including phenoxy) is 1. The summed E-state index contributed by atoms with van der Waals surface area (Å²) in [6.07, 6.45) is 7.73. The molecule has 3 aromatic heterocycles. The zero-order valence-corrected chi connectivity index (χ0v) is 22.9. The van der Waals surface area contributed by atoms with Crippen molar-refractivity contribution in [1.29, 1.82) is 0 Å². The van der Waals surface area contributed by atoms with Gasteiger partial charge in [-0.25, -0.2) is 24.1 Å². The topological polar surface area (TPSA) is 101 Å². The zero-order chi connectivity index (χ0) is 27.4. The number of anilines is 3. The van der Waals surface area contributed by atoms with E-state index in [0.717, 1.165) is 68.9 Å². The van der Waals surface area contributed by atoms with Crippen molar-refractivity contribution in [2.24, 2.45) is 5.41 Å². The third kappa shape index (κ3) is 5.02. The molecule has 2 saturated heterocycles. The quantitative estimate of drug-likeness (QED) is 0.501. The highest BCUT2D eigenvalue weighted by Gasteiger charge is 2.54. The van der Waals surface area contributed by atoms with Crippen LogP contribution in [0.3, 0.4) is 0 Å². The summed E-state index contributed by atoms with van der Waals surface area (Å²) < 4.78 is 22.3. The molecular weight excluding hydrogens is 499 g/mol. The van der Waals surface area contributed by atoms with Crippen LogP contribution in [0.1, 0.15) is 58.6 Å². The Kier molecular flexibility index (Phi) is 6.19. The molecule has 39 heavy (non-hydrogen) atoms. The van der Waals surface area contributed by atoms with E-state index < -0.39 is 11.4 Å². The van der Waals surface area contributed by atoms with Crippen LogP contribution in [0.25, 0.3) is 11.3 Å². The Labute approximate surface area is 227 Å². The van der Waals surface area contributed by atoms with Gasteiger partial charge in [0.25, 0.3) is 0 Å². The number of aryl methyl sites for hydroxylation is 1. The van der Waals surface area contributed by atoms with E-state index in [2.05, 4.69) is 37.2 Å². The number of halogens is 1. The molecule has 1 N–H and O–H groups in total. The predicted octanol–water partition coefficient (Wildman–Crippen LogP) is 4.96. The number of pyridine rings is 1.